The minimum Gasteiger partial charge on any atom is -0.486 e. The highest BCUT2D eigenvalue weighted by atomic mass is 79.9. The van der Waals surface area contributed by atoms with Gasteiger partial charge in [-0.05, 0) is 58.7 Å². The second kappa shape index (κ2) is 8.05. The second-order valence-corrected chi connectivity index (χ2v) is 8.44. The quantitative estimate of drug-likeness (QED) is 0.376. The summed E-state index contributed by atoms with van der Waals surface area (Å²) in [5.41, 5.74) is 1.85. The van der Waals surface area contributed by atoms with Crippen LogP contribution in [0.15, 0.2) is 41.1 Å². The average molecular weight is 533 g/mol. The summed E-state index contributed by atoms with van der Waals surface area (Å²) in [7, 11) is 1.67. The van der Waals surface area contributed by atoms with Crippen LogP contribution < -0.4 is 9.64 Å². The third kappa shape index (κ3) is 3.77. The van der Waals surface area contributed by atoms with Gasteiger partial charge in [0.15, 0.2) is 21.9 Å². The Hall–Kier alpha value is -3.54. The first-order valence-corrected chi connectivity index (χ1v) is 10.9. The smallest absolute Gasteiger partial charge is 0.433 e. The van der Waals surface area contributed by atoms with Crippen LogP contribution in [0.2, 0.25) is 0 Å². The molecule has 4 heterocycles. The Morgan fingerprint density at radius 2 is 1.91 bits per heavy atom. The summed E-state index contributed by atoms with van der Waals surface area (Å²) in [6.45, 7) is 2.50. The van der Waals surface area contributed by atoms with Crippen molar-refractivity contribution in [3.63, 3.8) is 0 Å². The molecule has 1 aliphatic heterocycles. The number of carbonyl (C=O) groups is 1. The molecule has 12 heteroatoms. The molecule has 0 fully saturated rings. The SMILES string of the molecule is Cc1cc(-c2ncc3nc(C(F)(F)F)ccc3n2)ccc1N1CCOc2c(Br)nn(C)c2C1=O. The molecular weight excluding hydrogens is 517 g/mol. The molecule has 0 N–H and O–H groups in total. The van der Waals surface area contributed by atoms with Crippen molar-refractivity contribution >= 4 is 38.6 Å². The minimum atomic E-state index is -4.54. The van der Waals surface area contributed by atoms with Gasteiger partial charge in [-0.2, -0.15) is 18.3 Å². The largest absolute Gasteiger partial charge is 0.486 e. The van der Waals surface area contributed by atoms with Crippen molar-refractivity contribution in [1.82, 2.24) is 24.7 Å². The van der Waals surface area contributed by atoms with E-state index in [1.54, 1.807) is 24.1 Å². The Kier molecular flexibility index (Phi) is 5.27. The van der Waals surface area contributed by atoms with Crippen molar-refractivity contribution in [2.45, 2.75) is 13.1 Å². The molecular formula is C22H16BrF3N6O2. The molecule has 0 bridgehead atoms. The number of benzene rings is 1. The first-order valence-electron chi connectivity index (χ1n) is 10.1. The molecule has 0 saturated heterocycles. The molecule has 0 unspecified atom stereocenters. The van der Waals surface area contributed by atoms with Gasteiger partial charge in [-0.25, -0.2) is 15.0 Å². The van der Waals surface area contributed by atoms with Crippen LogP contribution in [0.1, 0.15) is 21.7 Å². The number of aromatic nitrogens is 5. The number of nitrogens with zero attached hydrogens (tertiary/aromatic N) is 6. The number of anilines is 1. The van der Waals surface area contributed by atoms with Crippen LogP contribution in [0.5, 0.6) is 5.75 Å². The lowest BCUT2D eigenvalue weighted by Gasteiger charge is -2.22. The van der Waals surface area contributed by atoms with E-state index in [9.17, 15) is 18.0 Å². The fourth-order valence-corrected chi connectivity index (χ4v) is 4.39. The standard InChI is InChI=1S/C22H16BrF3N6O2/c1-11-9-12(20-27-10-14-13(29-20)4-6-16(28-14)22(24,25)26)3-5-15(11)32-7-8-34-18-17(21(32)33)31(2)30-19(18)23/h3-6,9-10H,7-8H2,1-2H3. The third-order valence-corrected chi connectivity index (χ3v) is 5.97. The summed E-state index contributed by atoms with van der Waals surface area (Å²) >= 11 is 3.32. The molecule has 0 aliphatic carbocycles. The van der Waals surface area contributed by atoms with E-state index in [1.165, 1.54) is 16.9 Å². The number of ether oxygens (including phenoxy) is 1. The van der Waals surface area contributed by atoms with Gasteiger partial charge in [0.25, 0.3) is 5.91 Å². The van der Waals surface area contributed by atoms with Crippen LogP contribution >= 0.6 is 15.9 Å². The van der Waals surface area contributed by atoms with E-state index in [0.717, 1.165) is 11.6 Å². The molecule has 0 spiro atoms. The predicted molar refractivity (Wildman–Crippen MR) is 121 cm³/mol. The van der Waals surface area contributed by atoms with Gasteiger partial charge in [0.05, 0.1) is 18.3 Å². The van der Waals surface area contributed by atoms with Crippen LogP contribution in [0, 0.1) is 6.92 Å². The number of hydrogen-bond acceptors (Lipinski definition) is 6. The van der Waals surface area contributed by atoms with E-state index in [2.05, 4.69) is 36.0 Å². The van der Waals surface area contributed by atoms with Crippen LogP contribution in [-0.2, 0) is 13.2 Å². The summed E-state index contributed by atoms with van der Waals surface area (Å²) in [5, 5.41) is 4.21. The van der Waals surface area contributed by atoms with Crippen LogP contribution in [-0.4, -0.2) is 43.8 Å². The van der Waals surface area contributed by atoms with Crippen molar-refractivity contribution in [3.05, 3.63) is 58.1 Å². The number of fused-ring (bicyclic) bond motifs is 2. The number of carbonyl (C=O) groups excluding carboxylic acids is 1. The Morgan fingerprint density at radius 1 is 1.12 bits per heavy atom. The number of amides is 1. The number of hydrogen-bond donors (Lipinski definition) is 0. The maximum atomic E-state index is 13.3. The molecule has 0 saturated carbocycles. The molecule has 0 radical (unpaired) electrons. The van der Waals surface area contributed by atoms with Gasteiger partial charge in [-0.1, -0.05) is 0 Å². The summed E-state index contributed by atoms with van der Waals surface area (Å²) in [6.07, 6.45) is -3.27. The van der Waals surface area contributed by atoms with E-state index in [1.807, 2.05) is 13.0 Å². The first kappa shape index (κ1) is 22.3. The maximum absolute atomic E-state index is 13.3. The number of pyridine rings is 1. The zero-order valence-electron chi connectivity index (χ0n) is 17.9. The molecule has 1 amide bonds. The Bertz CT molecular complexity index is 1450. The maximum Gasteiger partial charge on any atom is 0.433 e. The lowest BCUT2D eigenvalue weighted by molar-refractivity contribution is -0.140. The molecule has 0 atom stereocenters. The highest BCUT2D eigenvalue weighted by Crippen LogP contribution is 2.34. The normalized spacial score (nSPS) is 14.2. The molecule has 5 rings (SSSR count). The Morgan fingerprint density at radius 3 is 2.65 bits per heavy atom. The fraction of sp³-hybridized carbons (Fsp3) is 0.227. The zero-order valence-corrected chi connectivity index (χ0v) is 19.5. The van der Waals surface area contributed by atoms with Crippen LogP contribution in [0.25, 0.3) is 22.4 Å². The van der Waals surface area contributed by atoms with E-state index in [4.69, 9.17) is 4.74 Å². The van der Waals surface area contributed by atoms with Crippen molar-refractivity contribution < 1.29 is 22.7 Å². The number of aryl methyl sites for hydroxylation is 2. The van der Waals surface area contributed by atoms with E-state index in [0.29, 0.717) is 51.8 Å². The van der Waals surface area contributed by atoms with Gasteiger partial charge in [-0.15, -0.1) is 0 Å². The van der Waals surface area contributed by atoms with Crippen molar-refractivity contribution in [3.8, 4) is 17.1 Å². The Balaban J connectivity index is 1.49. The van der Waals surface area contributed by atoms with Crippen LogP contribution in [0.3, 0.4) is 0 Å². The number of halogens is 4. The predicted octanol–water partition coefficient (Wildman–Crippen LogP) is 4.55. The van der Waals surface area contributed by atoms with E-state index in [-0.39, 0.29) is 11.4 Å². The average Bonchev–Trinajstić information content (AvgIpc) is 2.96. The molecule has 1 aliphatic rings. The van der Waals surface area contributed by atoms with Crippen LogP contribution in [0.4, 0.5) is 18.9 Å². The van der Waals surface area contributed by atoms with Gasteiger partial charge in [0.1, 0.15) is 17.8 Å². The summed E-state index contributed by atoms with van der Waals surface area (Å²) in [4.78, 5) is 27.1. The fourth-order valence-electron chi connectivity index (χ4n) is 3.85. The van der Waals surface area contributed by atoms with Crippen molar-refractivity contribution in [2.24, 2.45) is 7.05 Å². The molecule has 3 aromatic heterocycles. The van der Waals surface area contributed by atoms with Gasteiger partial charge >= 0.3 is 6.18 Å². The number of rotatable bonds is 2. The minimum absolute atomic E-state index is 0.0558. The van der Waals surface area contributed by atoms with Gasteiger partial charge in [-0.3, -0.25) is 9.48 Å². The summed E-state index contributed by atoms with van der Waals surface area (Å²) < 4.78 is 46.4. The molecule has 8 nitrogen and oxygen atoms in total. The van der Waals surface area contributed by atoms with Crippen molar-refractivity contribution in [2.75, 3.05) is 18.1 Å². The molecule has 1 aromatic carbocycles. The lowest BCUT2D eigenvalue weighted by Crippen LogP contribution is -2.34. The molecule has 4 aromatic rings. The monoisotopic (exact) mass is 532 g/mol. The highest BCUT2D eigenvalue weighted by molar-refractivity contribution is 9.10. The van der Waals surface area contributed by atoms with Gasteiger partial charge in [0, 0.05) is 18.3 Å². The molecule has 34 heavy (non-hydrogen) atoms. The summed E-state index contributed by atoms with van der Waals surface area (Å²) in [6, 6.07) is 7.55. The van der Waals surface area contributed by atoms with Gasteiger partial charge < -0.3 is 9.64 Å². The topological polar surface area (TPSA) is 86.0 Å². The molecule has 174 valence electrons. The Labute approximate surface area is 199 Å². The first-order chi connectivity index (χ1) is 16.1. The summed E-state index contributed by atoms with van der Waals surface area (Å²) in [5.74, 6) is 0.515. The second-order valence-electron chi connectivity index (χ2n) is 7.69. The van der Waals surface area contributed by atoms with Crippen molar-refractivity contribution in [1.29, 1.82) is 0 Å². The lowest BCUT2D eigenvalue weighted by atomic mass is 10.1. The number of alkyl halides is 3. The third-order valence-electron chi connectivity index (χ3n) is 5.45. The van der Waals surface area contributed by atoms with E-state index >= 15 is 0 Å². The van der Waals surface area contributed by atoms with E-state index < -0.39 is 11.9 Å². The zero-order chi connectivity index (χ0) is 24.2. The highest BCUT2D eigenvalue weighted by Gasteiger charge is 2.33. The van der Waals surface area contributed by atoms with Gasteiger partial charge in [0.2, 0.25) is 0 Å².